The molecule has 1 saturated heterocycles. The van der Waals surface area contributed by atoms with Gasteiger partial charge in [0.15, 0.2) is 5.58 Å². The predicted octanol–water partition coefficient (Wildman–Crippen LogP) is 3.71. The Morgan fingerprint density at radius 2 is 1.93 bits per heavy atom. The average molecular weight is 409 g/mol. The van der Waals surface area contributed by atoms with Crippen LogP contribution in [-0.2, 0) is 11.3 Å². The molecule has 0 radical (unpaired) electrons. The van der Waals surface area contributed by atoms with Crippen molar-refractivity contribution in [2.75, 3.05) is 19.6 Å². The summed E-state index contributed by atoms with van der Waals surface area (Å²) in [4.78, 5) is 22.1. The number of rotatable bonds is 5. The van der Waals surface area contributed by atoms with Gasteiger partial charge in [0.1, 0.15) is 11.9 Å². The van der Waals surface area contributed by atoms with Crippen molar-refractivity contribution >= 4 is 16.8 Å². The first-order valence-electron chi connectivity index (χ1n) is 10.4. The number of hydrogen-bond acceptors (Lipinski definition) is 5. The molecule has 0 unspecified atom stereocenters. The maximum Gasteiger partial charge on any atom is 0.417 e. The first kappa shape index (κ1) is 19.1. The summed E-state index contributed by atoms with van der Waals surface area (Å²) in [5, 5.41) is 4.27. The quantitative estimate of drug-likeness (QED) is 0.697. The number of aromatic amines is 1. The zero-order chi connectivity index (χ0) is 20.5. The number of nitrogens with zero attached hydrogens (tertiary/aromatic N) is 2. The number of fused-ring (bicyclic) bond motifs is 1. The molecule has 1 fully saturated rings. The normalized spacial score (nSPS) is 20.4. The highest BCUT2D eigenvalue weighted by atomic mass is 19.1. The van der Waals surface area contributed by atoms with E-state index in [0.717, 1.165) is 56.6 Å². The monoisotopic (exact) mass is 409 g/mol. The summed E-state index contributed by atoms with van der Waals surface area (Å²) in [6.07, 6.45) is 4.08. The summed E-state index contributed by atoms with van der Waals surface area (Å²) in [6, 6.07) is 12.5. The van der Waals surface area contributed by atoms with Gasteiger partial charge in [-0.2, -0.15) is 0 Å². The number of halogens is 1. The molecule has 1 aromatic heterocycles. The van der Waals surface area contributed by atoms with Crippen LogP contribution >= 0.6 is 0 Å². The lowest BCUT2D eigenvalue weighted by Gasteiger charge is -2.33. The second-order valence-electron chi connectivity index (χ2n) is 8.27. The Labute approximate surface area is 173 Å². The third-order valence-corrected chi connectivity index (χ3v) is 6.09. The van der Waals surface area contributed by atoms with E-state index in [1.807, 2.05) is 30.3 Å². The highest BCUT2D eigenvalue weighted by Gasteiger charge is 2.27. The molecule has 5 rings (SSSR count). The zero-order valence-corrected chi connectivity index (χ0v) is 16.6. The molecule has 30 heavy (non-hydrogen) atoms. The van der Waals surface area contributed by atoms with Crippen molar-refractivity contribution in [1.82, 2.24) is 9.88 Å². The Bertz CT molecular complexity index is 1110. The standard InChI is InChI=1S/C23H24FN3O3/c24-18-4-1-15(2-5-18)11-16-7-9-27(10-8-16)14-19-13-21(26-30-19)17-3-6-20-22(12-17)29-23(28)25-20/h1-6,12,16,19H,7-11,13-14H2,(H,25,28)/t19-/m1/s1. The Morgan fingerprint density at radius 3 is 2.73 bits per heavy atom. The topological polar surface area (TPSA) is 70.8 Å². The summed E-state index contributed by atoms with van der Waals surface area (Å²) >= 11 is 0. The van der Waals surface area contributed by atoms with Gasteiger partial charge >= 0.3 is 5.76 Å². The number of hydrogen-bond donors (Lipinski definition) is 1. The van der Waals surface area contributed by atoms with Gasteiger partial charge in [-0.3, -0.25) is 9.88 Å². The maximum atomic E-state index is 13.1. The van der Waals surface area contributed by atoms with Crippen LogP contribution in [0, 0.1) is 11.7 Å². The van der Waals surface area contributed by atoms with Crippen molar-refractivity contribution in [3.05, 3.63) is 70.0 Å². The molecule has 0 spiro atoms. The van der Waals surface area contributed by atoms with Crippen molar-refractivity contribution in [3.63, 3.8) is 0 Å². The molecular formula is C23H24FN3O3. The van der Waals surface area contributed by atoms with Crippen LogP contribution in [0.25, 0.3) is 11.1 Å². The minimum absolute atomic E-state index is 0.0441. The third-order valence-electron chi connectivity index (χ3n) is 6.09. The Hall–Kier alpha value is -2.93. The zero-order valence-electron chi connectivity index (χ0n) is 16.6. The third kappa shape index (κ3) is 4.16. The SMILES string of the molecule is O=c1[nH]c2ccc(C3=NO[C@@H](CN4CCC(Cc5ccc(F)cc5)CC4)C3)cc2o1. The van der Waals surface area contributed by atoms with Gasteiger partial charge in [-0.1, -0.05) is 23.4 Å². The minimum atomic E-state index is -0.451. The van der Waals surface area contributed by atoms with Crippen LogP contribution in [0.4, 0.5) is 4.39 Å². The lowest BCUT2D eigenvalue weighted by Crippen LogP contribution is -2.39. The summed E-state index contributed by atoms with van der Waals surface area (Å²) in [5.74, 6) is 0.0162. The van der Waals surface area contributed by atoms with Crippen LogP contribution in [-0.4, -0.2) is 41.3 Å². The fourth-order valence-electron chi connectivity index (χ4n) is 4.44. The number of likely N-dealkylation sites (tertiary alicyclic amines) is 1. The van der Waals surface area contributed by atoms with Crippen LogP contribution < -0.4 is 5.76 Å². The maximum absolute atomic E-state index is 13.1. The number of H-pyrrole nitrogens is 1. The van der Waals surface area contributed by atoms with Gasteiger partial charge in [0.2, 0.25) is 0 Å². The predicted molar refractivity (Wildman–Crippen MR) is 112 cm³/mol. The molecule has 0 bridgehead atoms. The number of aromatic nitrogens is 1. The van der Waals surface area contributed by atoms with Gasteiger partial charge in [-0.25, -0.2) is 9.18 Å². The largest absolute Gasteiger partial charge is 0.417 e. The molecule has 2 aromatic carbocycles. The van der Waals surface area contributed by atoms with Crippen LogP contribution in [0.15, 0.2) is 56.8 Å². The number of benzene rings is 2. The van der Waals surface area contributed by atoms with E-state index in [9.17, 15) is 9.18 Å². The van der Waals surface area contributed by atoms with E-state index in [0.29, 0.717) is 17.0 Å². The molecule has 7 heteroatoms. The molecule has 2 aliphatic heterocycles. The van der Waals surface area contributed by atoms with E-state index in [1.165, 1.54) is 5.56 Å². The molecule has 2 aliphatic rings. The molecule has 0 saturated carbocycles. The van der Waals surface area contributed by atoms with E-state index in [4.69, 9.17) is 9.25 Å². The van der Waals surface area contributed by atoms with E-state index in [2.05, 4.69) is 15.0 Å². The second-order valence-corrected chi connectivity index (χ2v) is 8.27. The van der Waals surface area contributed by atoms with Crippen LogP contribution in [0.3, 0.4) is 0 Å². The average Bonchev–Trinajstić information content (AvgIpc) is 3.36. The molecule has 6 nitrogen and oxygen atoms in total. The Kier molecular flexibility index (Phi) is 5.12. The summed E-state index contributed by atoms with van der Waals surface area (Å²) in [6.45, 7) is 2.95. The van der Waals surface area contributed by atoms with E-state index >= 15 is 0 Å². The van der Waals surface area contributed by atoms with Crippen molar-refractivity contribution < 1.29 is 13.6 Å². The fourth-order valence-corrected chi connectivity index (χ4v) is 4.44. The number of piperidine rings is 1. The molecule has 3 heterocycles. The lowest BCUT2D eigenvalue weighted by molar-refractivity contribution is 0.0419. The van der Waals surface area contributed by atoms with E-state index in [-0.39, 0.29) is 11.9 Å². The van der Waals surface area contributed by atoms with Gasteiger partial charge in [-0.15, -0.1) is 0 Å². The molecule has 0 aliphatic carbocycles. The molecule has 1 atom stereocenters. The fraction of sp³-hybridized carbons (Fsp3) is 0.391. The molecular weight excluding hydrogens is 385 g/mol. The van der Waals surface area contributed by atoms with Gasteiger partial charge in [0, 0.05) is 18.5 Å². The van der Waals surface area contributed by atoms with Crippen molar-refractivity contribution in [2.24, 2.45) is 11.1 Å². The first-order valence-corrected chi connectivity index (χ1v) is 10.4. The lowest BCUT2D eigenvalue weighted by atomic mass is 9.90. The van der Waals surface area contributed by atoms with Gasteiger partial charge in [-0.05, 0) is 68.1 Å². The molecule has 0 amide bonds. The van der Waals surface area contributed by atoms with Crippen LogP contribution in [0.2, 0.25) is 0 Å². The number of oxime groups is 1. The van der Waals surface area contributed by atoms with Gasteiger partial charge in [0.05, 0.1) is 11.2 Å². The van der Waals surface area contributed by atoms with E-state index < -0.39 is 5.76 Å². The van der Waals surface area contributed by atoms with Gasteiger partial charge in [0.25, 0.3) is 0 Å². The highest BCUT2D eigenvalue weighted by molar-refractivity contribution is 6.03. The van der Waals surface area contributed by atoms with Gasteiger partial charge < -0.3 is 9.25 Å². The molecule has 156 valence electrons. The Morgan fingerprint density at radius 1 is 1.13 bits per heavy atom. The summed E-state index contributed by atoms with van der Waals surface area (Å²) in [7, 11) is 0. The smallest absolute Gasteiger partial charge is 0.408 e. The second kappa shape index (κ2) is 8.07. The molecule has 3 aromatic rings. The van der Waals surface area contributed by atoms with Crippen LogP contribution in [0.1, 0.15) is 30.4 Å². The number of nitrogens with one attached hydrogen (secondary N) is 1. The highest BCUT2D eigenvalue weighted by Crippen LogP contribution is 2.25. The minimum Gasteiger partial charge on any atom is -0.408 e. The van der Waals surface area contributed by atoms with E-state index in [1.54, 1.807) is 12.1 Å². The van der Waals surface area contributed by atoms with Crippen LogP contribution in [0.5, 0.6) is 0 Å². The number of oxazole rings is 1. The Balaban J connectivity index is 1.12. The first-order chi connectivity index (χ1) is 14.6. The van der Waals surface area contributed by atoms with Crippen molar-refractivity contribution in [2.45, 2.75) is 31.8 Å². The summed E-state index contributed by atoms with van der Waals surface area (Å²) in [5.41, 5.74) is 4.24. The van der Waals surface area contributed by atoms with Crippen molar-refractivity contribution in [3.8, 4) is 0 Å². The van der Waals surface area contributed by atoms with Crippen molar-refractivity contribution in [1.29, 1.82) is 0 Å². The summed E-state index contributed by atoms with van der Waals surface area (Å²) < 4.78 is 18.2. The molecule has 1 N–H and O–H groups in total.